The van der Waals surface area contributed by atoms with Crippen molar-refractivity contribution in [2.45, 2.75) is 13.8 Å². The number of hydrogen-bond acceptors (Lipinski definition) is 1. The van der Waals surface area contributed by atoms with Crippen molar-refractivity contribution >= 4 is 12.6 Å². The summed E-state index contributed by atoms with van der Waals surface area (Å²) in [5.41, 5.74) is 1.32. The molecule has 1 heterocycles. The Morgan fingerprint density at radius 1 is 0.824 bits per heavy atom. The van der Waals surface area contributed by atoms with Crippen LogP contribution in [0.4, 0.5) is 5.69 Å². The van der Waals surface area contributed by atoms with Gasteiger partial charge in [0, 0.05) is 18.8 Å². The van der Waals surface area contributed by atoms with E-state index in [0.29, 0.717) is 0 Å². The van der Waals surface area contributed by atoms with Gasteiger partial charge in [-0.05, 0) is 26.0 Å². The maximum absolute atomic E-state index is 2.33. The second-order valence-electron chi connectivity index (χ2n) is 3.66. The zero-order valence-corrected chi connectivity index (χ0v) is 10.7. The molecular formula is C15H20BN. The SMILES string of the molecule is CCN(CC)c1ccccc1.b1ccccc1. The Kier molecular flexibility index (Phi) is 6.81. The topological polar surface area (TPSA) is 3.24 Å². The van der Waals surface area contributed by atoms with Crippen LogP contribution in [-0.4, -0.2) is 20.0 Å². The van der Waals surface area contributed by atoms with Crippen LogP contribution in [0, 0.1) is 0 Å². The number of hydrogen-bond donors (Lipinski definition) is 0. The van der Waals surface area contributed by atoms with E-state index in [-0.39, 0.29) is 0 Å². The van der Waals surface area contributed by atoms with Crippen LogP contribution < -0.4 is 4.90 Å². The molecule has 1 nitrogen and oxygen atoms in total. The fraction of sp³-hybridized carbons (Fsp3) is 0.267. The maximum atomic E-state index is 2.33. The van der Waals surface area contributed by atoms with E-state index in [0.717, 1.165) is 13.1 Å². The Morgan fingerprint density at radius 2 is 1.35 bits per heavy atom. The Labute approximate surface area is 105 Å². The molecule has 2 rings (SSSR count). The third kappa shape index (κ3) is 5.35. The summed E-state index contributed by atoms with van der Waals surface area (Å²) < 4.78 is 0. The zero-order valence-electron chi connectivity index (χ0n) is 10.7. The summed E-state index contributed by atoms with van der Waals surface area (Å²) in [6, 6.07) is 16.5. The van der Waals surface area contributed by atoms with Crippen molar-refractivity contribution in [2.24, 2.45) is 0 Å². The molecule has 0 spiro atoms. The van der Waals surface area contributed by atoms with Crippen molar-refractivity contribution in [3.05, 3.63) is 60.5 Å². The monoisotopic (exact) mass is 225 g/mol. The Bertz CT molecular complexity index is 344. The van der Waals surface area contributed by atoms with Crippen LogP contribution in [-0.2, 0) is 0 Å². The van der Waals surface area contributed by atoms with Crippen LogP contribution in [0.5, 0.6) is 0 Å². The second-order valence-corrected chi connectivity index (χ2v) is 3.66. The van der Waals surface area contributed by atoms with Crippen molar-refractivity contribution < 1.29 is 0 Å². The molecule has 0 radical (unpaired) electrons. The molecule has 17 heavy (non-hydrogen) atoms. The van der Waals surface area contributed by atoms with Gasteiger partial charge in [-0.3, -0.25) is 0 Å². The van der Waals surface area contributed by atoms with E-state index in [1.54, 1.807) is 0 Å². The van der Waals surface area contributed by atoms with Crippen LogP contribution in [0.15, 0.2) is 60.5 Å². The molecule has 0 saturated heterocycles. The first-order chi connectivity index (χ1) is 8.38. The van der Waals surface area contributed by atoms with Gasteiger partial charge in [-0.1, -0.05) is 18.2 Å². The summed E-state index contributed by atoms with van der Waals surface area (Å²) in [5.74, 6) is 4.00. The minimum absolute atomic E-state index is 1.08. The zero-order chi connectivity index (χ0) is 12.3. The van der Waals surface area contributed by atoms with Gasteiger partial charge in [0.2, 0.25) is 0 Å². The molecule has 0 bridgehead atoms. The summed E-state index contributed by atoms with van der Waals surface area (Å²) >= 11 is 0. The van der Waals surface area contributed by atoms with Crippen molar-refractivity contribution in [1.29, 1.82) is 0 Å². The van der Waals surface area contributed by atoms with E-state index < -0.39 is 0 Å². The third-order valence-electron chi connectivity index (χ3n) is 2.55. The first kappa shape index (κ1) is 13.5. The van der Waals surface area contributed by atoms with E-state index in [2.05, 4.69) is 43.0 Å². The molecule has 2 aromatic rings. The van der Waals surface area contributed by atoms with Gasteiger partial charge in [-0.15, -0.1) is 0 Å². The molecule has 0 fully saturated rings. The number of benzene rings is 1. The number of anilines is 1. The number of nitrogens with zero attached hydrogens (tertiary/aromatic N) is 1. The van der Waals surface area contributed by atoms with Crippen molar-refractivity contribution in [3.8, 4) is 0 Å². The van der Waals surface area contributed by atoms with Crippen LogP contribution >= 0.6 is 0 Å². The Balaban J connectivity index is 0.000000202. The predicted octanol–water partition coefficient (Wildman–Crippen LogP) is 3.56. The molecule has 0 saturated carbocycles. The van der Waals surface area contributed by atoms with Gasteiger partial charge in [-0.25, -0.2) is 0 Å². The molecule has 2 heteroatoms. The van der Waals surface area contributed by atoms with Crippen LogP contribution in [0.3, 0.4) is 0 Å². The average Bonchev–Trinajstić information content (AvgIpc) is 2.44. The molecule has 1 aromatic carbocycles. The quantitative estimate of drug-likeness (QED) is 0.771. The van der Waals surface area contributed by atoms with Gasteiger partial charge in [0.1, 0.15) is 0 Å². The van der Waals surface area contributed by atoms with Crippen LogP contribution in [0.2, 0.25) is 0 Å². The van der Waals surface area contributed by atoms with E-state index in [9.17, 15) is 0 Å². The molecule has 1 aromatic heterocycles. The second kappa shape index (κ2) is 8.57. The van der Waals surface area contributed by atoms with Crippen molar-refractivity contribution in [3.63, 3.8) is 0 Å². The molecule has 0 aliphatic heterocycles. The average molecular weight is 225 g/mol. The van der Waals surface area contributed by atoms with E-state index >= 15 is 0 Å². The molecule has 0 aliphatic rings. The van der Waals surface area contributed by atoms with Crippen molar-refractivity contribution in [2.75, 3.05) is 18.0 Å². The first-order valence-electron chi connectivity index (χ1n) is 6.18. The molecular weight excluding hydrogens is 205 g/mol. The van der Waals surface area contributed by atoms with Crippen LogP contribution in [0.25, 0.3) is 0 Å². The molecule has 0 atom stereocenters. The van der Waals surface area contributed by atoms with Gasteiger partial charge in [0.15, 0.2) is 0 Å². The fourth-order valence-corrected chi connectivity index (χ4v) is 1.61. The predicted molar refractivity (Wildman–Crippen MR) is 77.8 cm³/mol. The standard InChI is InChI=1S/C10H15N.C5H5B/c1-3-11(4-2)10-8-6-5-7-9-10;1-2-4-6-5-3-1/h5-9H,3-4H2,1-2H3;1-5H. The number of para-hydroxylation sites is 1. The molecule has 0 aliphatic carbocycles. The fourth-order valence-electron chi connectivity index (χ4n) is 1.61. The normalized spacial score (nSPS) is 8.82. The summed E-state index contributed by atoms with van der Waals surface area (Å²) in [7, 11) is 0. The van der Waals surface area contributed by atoms with Crippen LogP contribution in [0.1, 0.15) is 13.8 Å². The van der Waals surface area contributed by atoms with Gasteiger partial charge in [0.05, 0.1) is 0 Å². The van der Waals surface area contributed by atoms with E-state index in [4.69, 9.17) is 0 Å². The first-order valence-corrected chi connectivity index (χ1v) is 6.18. The third-order valence-corrected chi connectivity index (χ3v) is 2.55. The summed E-state index contributed by atoms with van der Waals surface area (Å²) in [5, 5.41) is 0. The molecule has 0 amide bonds. The molecule has 0 N–H and O–H groups in total. The summed E-state index contributed by atoms with van der Waals surface area (Å²) in [6.45, 7) is 8.52. The minimum atomic E-state index is 1.08. The van der Waals surface area contributed by atoms with E-state index in [1.807, 2.05) is 43.1 Å². The summed E-state index contributed by atoms with van der Waals surface area (Å²) in [6.07, 6.45) is 0. The Morgan fingerprint density at radius 3 is 1.71 bits per heavy atom. The van der Waals surface area contributed by atoms with Gasteiger partial charge < -0.3 is 4.90 Å². The molecule has 88 valence electrons. The van der Waals surface area contributed by atoms with Gasteiger partial charge in [0.25, 0.3) is 0 Å². The van der Waals surface area contributed by atoms with Gasteiger partial charge >= 0.3 is 37.0 Å². The van der Waals surface area contributed by atoms with E-state index in [1.165, 1.54) is 5.69 Å². The number of rotatable bonds is 3. The Hall–Kier alpha value is -1.57. The molecule has 0 unspecified atom stereocenters. The van der Waals surface area contributed by atoms with Gasteiger partial charge in [-0.2, -0.15) is 0 Å². The summed E-state index contributed by atoms with van der Waals surface area (Å²) in [4.78, 5) is 2.33. The van der Waals surface area contributed by atoms with Crippen molar-refractivity contribution in [1.82, 2.24) is 0 Å².